The quantitative estimate of drug-likeness (QED) is 0.530. The Morgan fingerprint density at radius 3 is 2.48 bits per heavy atom. The van der Waals surface area contributed by atoms with Gasteiger partial charge in [0.1, 0.15) is 5.75 Å². The van der Waals surface area contributed by atoms with Crippen molar-refractivity contribution in [1.29, 1.82) is 0 Å². The molecule has 0 aliphatic carbocycles. The number of benzene rings is 1. The molecule has 0 bridgehead atoms. The molecule has 4 heteroatoms. The van der Waals surface area contributed by atoms with E-state index in [1.807, 2.05) is 6.92 Å². The van der Waals surface area contributed by atoms with Crippen LogP contribution in [0.3, 0.4) is 0 Å². The first-order valence-corrected chi connectivity index (χ1v) is 7.73. The molecule has 0 spiro atoms. The smallest absolute Gasteiger partial charge is 0.335 e. The van der Waals surface area contributed by atoms with Gasteiger partial charge in [-0.05, 0) is 31.0 Å². The van der Waals surface area contributed by atoms with E-state index < -0.39 is 6.10 Å². The highest BCUT2D eigenvalue weighted by molar-refractivity contribution is 5.75. The van der Waals surface area contributed by atoms with Crippen molar-refractivity contribution in [2.45, 2.75) is 52.1 Å². The van der Waals surface area contributed by atoms with Crippen molar-refractivity contribution in [3.8, 4) is 5.75 Å². The van der Waals surface area contributed by atoms with Gasteiger partial charge in [-0.1, -0.05) is 38.3 Å². The third-order valence-corrected chi connectivity index (χ3v) is 3.23. The fourth-order valence-corrected chi connectivity index (χ4v) is 2.05. The number of ether oxygens (including phenoxy) is 2. The number of phenols is 1. The molecule has 21 heavy (non-hydrogen) atoms. The summed E-state index contributed by atoms with van der Waals surface area (Å²) < 4.78 is 10.8. The Morgan fingerprint density at radius 1 is 1.14 bits per heavy atom. The molecule has 1 N–H and O–H groups in total. The van der Waals surface area contributed by atoms with Crippen LogP contribution in [-0.2, 0) is 20.7 Å². The van der Waals surface area contributed by atoms with Gasteiger partial charge in [-0.15, -0.1) is 0 Å². The van der Waals surface area contributed by atoms with E-state index in [9.17, 15) is 9.90 Å². The summed E-state index contributed by atoms with van der Waals surface area (Å²) in [5, 5.41) is 9.27. The molecule has 4 nitrogen and oxygen atoms in total. The third-order valence-electron chi connectivity index (χ3n) is 3.23. The molecule has 0 saturated carbocycles. The van der Waals surface area contributed by atoms with E-state index >= 15 is 0 Å². The Hall–Kier alpha value is -1.55. The van der Waals surface area contributed by atoms with Crippen LogP contribution in [0, 0.1) is 0 Å². The zero-order valence-electron chi connectivity index (χ0n) is 13.0. The maximum atomic E-state index is 12.0. The number of esters is 1. The fourth-order valence-electron chi connectivity index (χ4n) is 2.05. The van der Waals surface area contributed by atoms with Crippen molar-refractivity contribution < 1.29 is 19.4 Å². The van der Waals surface area contributed by atoms with Gasteiger partial charge < -0.3 is 14.6 Å². The van der Waals surface area contributed by atoms with Crippen molar-refractivity contribution in [1.82, 2.24) is 0 Å². The number of carbonyl (C=O) groups is 1. The number of hydrogen-bond donors (Lipinski definition) is 1. The van der Waals surface area contributed by atoms with E-state index in [1.54, 1.807) is 24.3 Å². The van der Waals surface area contributed by atoms with Crippen LogP contribution >= 0.6 is 0 Å². The van der Waals surface area contributed by atoms with E-state index in [0.717, 1.165) is 24.8 Å². The molecule has 0 aromatic heterocycles. The zero-order valence-corrected chi connectivity index (χ0v) is 13.0. The van der Waals surface area contributed by atoms with Gasteiger partial charge in [0.25, 0.3) is 0 Å². The Kier molecular flexibility index (Phi) is 8.51. The summed E-state index contributed by atoms with van der Waals surface area (Å²) in [4.78, 5) is 12.0. The summed E-state index contributed by atoms with van der Waals surface area (Å²) in [7, 11) is 0. The Labute approximate surface area is 127 Å². The van der Waals surface area contributed by atoms with E-state index in [0.29, 0.717) is 19.6 Å². The molecule has 1 rings (SSSR count). The largest absolute Gasteiger partial charge is 0.508 e. The Morgan fingerprint density at radius 2 is 1.86 bits per heavy atom. The Balaban J connectivity index is 2.43. The molecule has 118 valence electrons. The van der Waals surface area contributed by atoms with Crippen molar-refractivity contribution >= 4 is 5.97 Å². The van der Waals surface area contributed by atoms with Crippen molar-refractivity contribution in [2.24, 2.45) is 0 Å². The molecule has 0 radical (unpaired) electrons. The maximum absolute atomic E-state index is 12.0. The standard InChI is InChI=1S/C17H26O4/c1-3-5-6-7-12-21-17(19)16(20-4-2)13-14-8-10-15(18)11-9-14/h8-11,16,18H,3-7,12-13H2,1-2H3/t16-/m1/s1. The highest BCUT2D eigenvalue weighted by Crippen LogP contribution is 2.13. The van der Waals surface area contributed by atoms with E-state index in [2.05, 4.69) is 6.92 Å². The summed E-state index contributed by atoms with van der Waals surface area (Å²) in [6, 6.07) is 6.79. The lowest BCUT2D eigenvalue weighted by molar-refractivity contribution is -0.157. The lowest BCUT2D eigenvalue weighted by atomic mass is 10.1. The maximum Gasteiger partial charge on any atom is 0.335 e. The van der Waals surface area contributed by atoms with E-state index in [-0.39, 0.29) is 11.7 Å². The monoisotopic (exact) mass is 294 g/mol. The van der Waals surface area contributed by atoms with Crippen LogP contribution in [-0.4, -0.2) is 30.4 Å². The predicted octanol–water partition coefficient (Wildman–Crippen LogP) is 3.46. The second-order valence-corrected chi connectivity index (χ2v) is 5.04. The van der Waals surface area contributed by atoms with Crippen LogP contribution in [0.2, 0.25) is 0 Å². The SMILES string of the molecule is CCCCCCOC(=O)[C@@H](Cc1ccc(O)cc1)OCC. The molecule has 1 atom stereocenters. The molecule has 1 aromatic rings. The summed E-state index contributed by atoms with van der Waals surface area (Å²) in [5.74, 6) is -0.0911. The third kappa shape index (κ3) is 7.14. The molecule has 0 aliphatic heterocycles. The van der Waals surface area contributed by atoms with Crippen LogP contribution in [0.5, 0.6) is 5.75 Å². The van der Waals surface area contributed by atoms with E-state index in [4.69, 9.17) is 9.47 Å². The molecule has 0 aliphatic rings. The van der Waals surface area contributed by atoms with Crippen LogP contribution in [0.1, 0.15) is 45.1 Å². The highest BCUT2D eigenvalue weighted by atomic mass is 16.6. The van der Waals surface area contributed by atoms with Gasteiger partial charge in [-0.2, -0.15) is 0 Å². The van der Waals surface area contributed by atoms with Gasteiger partial charge in [0.2, 0.25) is 0 Å². The highest BCUT2D eigenvalue weighted by Gasteiger charge is 2.20. The van der Waals surface area contributed by atoms with Crippen LogP contribution in [0.4, 0.5) is 0 Å². The normalized spacial score (nSPS) is 12.1. The number of rotatable bonds is 10. The number of phenolic OH excluding ortho intramolecular Hbond substituents is 1. The molecule has 0 saturated heterocycles. The molecule has 0 fully saturated rings. The van der Waals surface area contributed by atoms with Gasteiger partial charge in [-0.3, -0.25) is 0 Å². The zero-order chi connectivity index (χ0) is 15.5. The van der Waals surface area contributed by atoms with Crippen molar-refractivity contribution in [3.63, 3.8) is 0 Å². The molecule has 0 amide bonds. The number of aromatic hydroxyl groups is 1. The minimum atomic E-state index is -0.578. The van der Waals surface area contributed by atoms with Crippen molar-refractivity contribution in [3.05, 3.63) is 29.8 Å². The molecular formula is C17H26O4. The second-order valence-electron chi connectivity index (χ2n) is 5.04. The van der Waals surface area contributed by atoms with Gasteiger partial charge >= 0.3 is 5.97 Å². The molecule has 1 aromatic carbocycles. The fraction of sp³-hybridized carbons (Fsp3) is 0.588. The Bertz CT molecular complexity index is 400. The van der Waals surface area contributed by atoms with Gasteiger partial charge in [-0.25, -0.2) is 4.79 Å². The minimum Gasteiger partial charge on any atom is -0.508 e. The lowest BCUT2D eigenvalue weighted by Crippen LogP contribution is -2.29. The van der Waals surface area contributed by atoms with Gasteiger partial charge in [0, 0.05) is 13.0 Å². The molecule has 0 heterocycles. The van der Waals surface area contributed by atoms with Gasteiger partial charge in [0.15, 0.2) is 6.10 Å². The average Bonchev–Trinajstić information content (AvgIpc) is 2.48. The lowest BCUT2D eigenvalue weighted by Gasteiger charge is -2.16. The summed E-state index contributed by atoms with van der Waals surface area (Å²) >= 11 is 0. The summed E-state index contributed by atoms with van der Waals surface area (Å²) in [5.41, 5.74) is 0.939. The average molecular weight is 294 g/mol. The predicted molar refractivity (Wildman–Crippen MR) is 82.3 cm³/mol. The number of hydrogen-bond acceptors (Lipinski definition) is 4. The summed E-state index contributed by atoms with van der Waals surface area (Å²) in [6.07, 6.45) is 4.20. The van der Waals surface area contributed by atoms with Crippen molar-refractivity contribution in [2.75, 3.05) is 13.2 Å². The van der Waals surface area contributed by atoms with E-state index in [1.165, 1.54) is 6.42 Å². The minimum absolute atomic E-state index is 0.213. The van der Waals surface area contributed by atoms with Crippen LogP contribution in [0.15, 0.2) is 24.3 Å². The first-order valence-electron chi connectivity index (χ1n) is 7.73. The summed E-state index contributed by atoms with van der Waals surface area (Å²) in [6.45, 7) is 4.93. The first kappa shape index (κ1) is 17.5. The second kappa shape index (κ2) is 10.2. The van der Waals surface area contributed by atoms with Crippen LogP contribution < -0.4 is 0 Å². The topological polar surface area (TPSA) is 55.8 Å². The molecular weight excluding hydrogens is 268 g/mol. The number of unbranched alkanes of at least 4 members (excludes halogenated alkanes) is 3. The molecule has 0 unspecified atom stereocenters. The van der Waals surface area contributed by atoms with Gasteiger partial charge in [0.05, 0.1) is 6.61 Å². The van der Waals surface area contributed by atoms with Crippen LogP contribution in [0.25, 0.3) is 0 Å². The number of carbonyl (C=O) groups excluding carboxylic acids is 1. The first-order chi connectivity index (χ1) is 10.2.